The number of para-hydroxylation sites is 2. The Bertz CT molecular complexity index is 1430. The van der Waals surface area contributed by atoms with Crippen LogP contribution in [0.4, 0.5) is 20.2 Å². The molecular formula is C26H18ClF2N3O2. The first kappa shape index (κ1) is 21.9. The lowest BCUT2D eigenvalue weighted by Gasteiger charge is -2.23. The number of carbonyl (C=O) groups excluding carboxylic acids is 2. The van der Waals surface area contributed by atoms with Crippen molar-refractivity contribution in [1.82, 2.24) is 4.57 Å². The molecule has 1 N–H and O–H groups in total. The lowest BCUT2D eigenvalue weighted by atomic mass is 10.1. The third kappa shape index (κ3) is 3.95. The third-order valence-electron chi connectivity index (χ3n) is 5.73. The van der Waals surface area contributed by atoms with Crippen molar-refractivity contribution in [3.05, 3.63) is 112 Å². The molecule has 0 unspecified atom stereocenters. The summed E-state index contributed by atoms with van der Waals surface area (Å²) in [5, 5.41) is 2.62. The zero-order chi connectivity index (χ0) is 23.8. The Kier molecular flexibility index (Phi) is 5.63. The molecule has 34 heavy (non-hydrogen) atoms. The van der Waals surface area contributed by atoms with Gasteiger partial charge < -0.3 is 14.8 Å². The lowest BCUT2D eigenvalue weighted by molar-refractivity contribution is 0.0986. The minimum atomic E-state index is -0.845. The number of nitrogens with zero attached hydrogens (tertiary/aromatic N) is 2. The van der Waals surface area contributed by atoms with Crippen molar-refractivity contribution in [3.8, 4) is 5.69 Å². The summed E-state index contributed by atoms with van der Waals surface area (Å²) in [6.07, 6.45) is 2.63. The molecule has 0 atom stereocenters. The number of hydrogen-bond donors (Lipinski definition) is 1. The highest BCUT2D eigenvalue weighted by Gasteiger charge is 2.26. The minimum Gasteiger partial charge on any atom is -0.322 e. The highest BCUT2D eigenvalue weighted by atomic mass is 35.5. The number of rotatable bonds is 3. The van der Waals surface area contributed by atoms with E-state index in [0.29, 0.717) is 13.0 Å². The summed E-state index contributed by atoms with van der Waals surface area (Å²) >= 11 is 6.43. The van der Waals surface area contributed by atoms with Crippen molar-refractivity contribution in [2.45, 2.75) is 6.42 Å². The summed E-state index contributed by atoms with van der Waals surface area (Å²) in [6, 6.07) is 18.7. The predicted molar refractivity (Wildman–Crippen MR) is 127 cm³/mol. The normalized spacial score (nSPS) is 12.5. The highest BCUT2D eigenvalue weighted by molar-refractivity contribution is 6.35. The average molecular weight is 478 g/mol. The van der Waals surface area contributed by atoms with Gasteiger partial charge in [0.1, 0.15) is 11.6 Å². The van der Waals surface area contributed by atoms with Crippen molar-refractivity contribution in [3.63, 3.8) is 0 Å². The number of fused-ring (bicyclic) bond motifs is 3. The van der Waals surface area contributed by atoms with Crippen LogP contribution in [0.1, 0.15) is 26.4 Å². The summed E-state index contributed by atoms with van der Waals surface area (Å²) in [6.45, 7) is 0.466. The summed E-state index contributed by atoms with van der Waals surface area (Å²) in [5.41, 5.74) is 2.83. The number of carbonyl (C=O) groups is 2. The van der Waals surface area contributed by atoms with E-state index in [1.54, 1.807) is 4.90 Å². The van der Waals surface area contributed by atoms with E-state index in [1.165, 1.54) is 18.2 Å². The quantitative estimate of drug-likeness (QED) is 0.401. The van der Waals surface area contributed by atoms with Gasteiger partial charge in [-0.05, 0) is 60.7 Å². The highest BCUT2D eigenvalue weighted by Crippen LogP contribution is 2.32. The van der Waals surface area contributed by atoms with Gasteiger partial charge in [-0.25, -0.2) is 8.78 Å². The van der Waals surface area contributed by atoms with Crippen LogP contribution in [0.5, 0.6) is 0 Å². The standard InChI is InChI=1S/C26H18ClF2N3O2/c27-21-15-17(30-25(33)20-14-16(28)7-10-22(20)29)8-9-19(21)26(34)32-13-11-18-4-3-12-31(18)23-5-1-2-6-24(23)32/h1-10,12,14-15H,11,13H2,(H,30,33). The van der Waals surface area contributed by atoms with Crippen LogP contribution in [-0.4, -0.2) is 22.9 Å². The number of anilines is 2. The molecule has 0 radical (unpaired) electrons. The van der Waals surface area contributed by atoms with Crippen molar-refractivity contribution >= 4 is 34.8 Å². The Labute approximate surface area is 199 Å². The molecule has 170 valence electrons. The monoisotopic (exact) mass is 477 g/mol. The second kappa shape index (κ2) is 8.76. The van der Waals surface area contributed by atoms with Gasteiger partial charge in [0, 0.05) is 30.5 Å². The Hall–Kier alpha value is -3.97. The number of aromatic nitrogens is 1. The number of nitrogens with one attached hydrogen (secondary N) is 1. The van der Waals surface area contributed by atoms with Crippen LogP contribution >= 0.6 is 11.6 Å². The van der Waals surface area contributed by atoms with E-state index in [0.717, 1.165) is 35.3 Å². The van der Waals surface area contributed by atoms with Gasteiger partial charge in [0.15, 0.2) is 0 Å². The second-order valence-corrected chi connectivity index (χ2v) is 8.25. The van der Waals surface area contributed by atoms with E-state index < -0.39 is 23.1 Å². The molecule has 2 heterocycles. The summed E-state index contributed by atoms with van der Waals surface area (Å²) in [4.78, 5) is 27.6. The van der Waals surface area contributed by atoms with E-state index in [4.69, 9.17) is 11.6 Å². The van der Waals surface area contributed by atoms with E-state index in [-0.39, 0.29) is 22.2 Å². The van der Waals surface area contributed by atoms with Crippen molar-refractivity contribution in [1.29, 1.82) is 0 Å². The first-order chi connectivity index (χ1) is 16.4. The van der Waals surface area contributed by atoms with Crippen LogP contribution in [0.3, 0.4) is 0 Å². The molecule has 1 aromatic heterocycles. The van der Waals surface area contributed by atoms with Crippen LogP contribution in [-0.2, 0) is 6.42 Å². The first-order valence-corrected chi connectivity index (χ1v) is 10.9. The fraction of sp³-hybridized carbons (Fsp3) is 0.0769. The minimum absolute atomic E-state index is 0.129. The van der Waals surface area contributed by atoms with Crippen LogP contribution < -0.4 is 10.2 Å². The van der Waals surface area contributed by atoms with Gasteiger partial charge in [0.05, 0.1) is 27.5 Å². The number of benzene rings is 3. The Morgan fingerprint density at radius 2 is 1.68 bits per heavy atom. The van der Waals surface area contributed by atoms with Gasteiger partial charge >= 0.3 is 0 Å². The Balaban J connectivity index is 1.42. The van der Waals surface area contributed by atoms with E-state index >= 15 is 0 Å². The smallest absolute Gasteiger partial charge is 0.259 e. The number of halogens is 3. The van der Waals surface area contributed by atoms with Crippen LogP contribution in [0, 0.1) is 11.6 Å². The van der Waals surface area contributed by atoms with Crippen LogP contribution in [0.25, 0.3) is 5.69 Å². The summed E-state index contributed by atoms with van der Waals surface area (Å²) < 4.78 is 29.4. The molecule has 0 aliphatic carbocycles. The molecule has 0 fully saturated rings. The van der Waals surface area contributed by atoms with Crippen LogP contribution in [0.15, 0.2) is 79.0 Å². The maximum absolute atomic E-state index is 13.9. The Morgan fingerprint density at radius 3 is 2.47 bits per heavy atom. The molecule has 0 spiro atoms. The molecule has 2 amide bonds. The zero-order valence-corrected chi connectivity index (χ0v) is 18.5. The van der Waals surface area contributed by atoms with Crippen LogP contribution in [0.2, 0.25) is 5.02 Å². The largest absolute Gasteiger partial charge is 0.322 e. The predicted octanol–water partition coefficient (Wildman–Crippen LogP) is 5.86. The molecule has 1 aliphatic rings. The summed E-state index contributed by atoms with van der Waals surface area (Å²) in [5.74, 6) is -2.68. The van der Waals surface area contributed by atoms with Gasteiger partial charge in [-0.3, -0.25) is 9.59 Å². The van der Waals surface area contributed by atoms with Crippen molar-refractivity contribution < 1.29 is 18.4 Å². The average Bonchev–Trinajstić information content (AvgIpc) is 3.23. The van der Waals surface area contributed by atoms with Crippen molar-refractivity contribution in [2.75, 3.05) is 16.8 Å². The zero-order valence-electron chi connectivity index (χ0n) is 17.8. The van der Waals surface area contributed by atoms with E-state index in [1.807, 2.05) is 42.6 Å². The van der Waals surface area contributed by atoms with E-state index in [2.05, 4.69) is 9.88 Å². The van der Waals surface area contributed by atoms with Crippen molar-refractivity contribution in [2.24, 2.45) is 0 Å². The molecule has 0 saturated carbocycles. The Morgan fingerprint density at radius 1 is 0.882 bits per heavy atom. The summed E-state index contributed by atoms with van der Waals surface area (Å²) in [7, 11) is 0. The van der Waals surface area contributed by atoms with Gasteiger partial charge in [-0.1, -0.05) is 23.7 Å². The third-order valence-corrected chi connectivity index (χ3v) is 6.05. The molecule has 3 aromatic carbocycles. The molecule has 1 aliphatic heterocycles. The topological polar surface area (TPSA) is 54.3 Å². The van der Waals surface area contributed by atoms with E-state index in [9.17, 15) is 18.4 Å². The SMILES string of the molecule is O=C(Nc1ccc(C(=O)N2CCc3cccn3-c3ccccc32)c(Cl)c1)c1cc(F)ccc1F. The first-order valence-electron chi connectivity index (χ1n) is 10.6. The number of amides is 2. The number of hydrogen-bond acceptors (Lipinski definition) is 2. The molecule has 0 saturated heterocycles. The molecule has 5 rings (SSSR count). The fourth-order valence-electron chi connectivity index (χ4n) is 4.09. The molecule has 4 aromatic rings. The van der Waals surface area contributed by atoms with Gasteiger partial charge in [-0.2, -0.15) is 0 Å². The van der Waals surface area contributed by atoms with Gasteiger partial charge in [-0.15, -0.1) is 0 Å². The molecule has 0 bridgehead atoms. The molecule has 5 nitrogen and oxygen atoms in total. The maximum atomic E-state index is 13.9. The van der Waals surface area contributed by atoms with Gasteiger partial charge in [0.2, 0.25) is 0 Å². The maximum Gasteiger partial charge on any atom is 0.259 e. The van der Waals surface area contributed by atoms with Gasteiger partial charge in [0.25, 0.3) is 11.8 Å². The molecule has 8 heteroatoms. The second-order valence-electron chi connectivity index (χ2n) is 7.84. The lowest BCUT2D eigenvalue weighted by Crippen LogP contribution is -2.32. The molecular weight excluding hydrogens is 460 g/mol. The fourth-order valence-corrected chi connectivity index (χ4v) is 4.35.